The average Bonchev–Trinajstić information content (AvgIpc) is 2.28. The summed E-state index contributed by atoms with van der Waals surface area (Å²) in [7, 11) is 0. The first kappa shape index (κ1) is 12.2. The van der Waals surface area contributed by atoms with Gasteiger partial charge in [0.25, 0.3) is 0 Å². The standard InChI is InChI=1S/C13H14F3N/c14-13(15,16)11-7-3-1-5-9(11)10-6-2-4-8-12(10)17/h1-6,11-12H,7-8,17H2/t11?,12-/m1/s1. The summed E-state index contributed by atoms with van der Waals surface area (Å²) in [5, 5.41) is 0. The van der Waals surface area contributed by atoms with E-state index in [1.165, 1.54) is 6.08 Å². The molecule has 2 N–H and O–H groups in total. The first-order valence-corrected chi connectivity index (χ1v) is 5.56. The second kappa shape index (κ2) is 4.53. The normalized spacial score (nSPS) is 28.9. The van der Waals surface area contributed by atoms with E-state index in [9.17, 15) is 13.2 Å². The van der Waals surface area contributed by atoms with Gasteiger partial charge in [0.1, 0.15) is 0 Å². The maximum Gasteiger partial charge on any atom is 0.396 e. The van der Waals surface area contributed by atoms with Crippen molar-refractivity contribution in [3.05, 3.63) is 47.6 Å². The zero-order valence-corrected chi connectivity index (χ0v) is 9.24. The van der Waals surface area contributed by atoms with Crippen molar-refractivity contribution >= 4 is 0 Å². The molecule has 17 heavy (non-hydrogen) atoms. The van der Waals surface area contributed by atoms with E-state index in [1.54, 1.807) is 24.3 Å². The van der Waals surface area contributed by atoms with Crippen LogP contribution in [0.25, 0.3) is 0 Å². The van der Waals surface area contributed by atoms with E-state index in [2.05, 4.69) is 0 Å². The van der Waals surface area contributed by atoms with Crippen LogP contribution in [0, 0.1) is 5.92 Å². The highest BCUT2D eigenvalue weighted by Crippen LogP contribution is 2.40. The van der Waals surface area contributed by atoms with E-state index in [4.69, 9.17) is 5.73 Å². The fraction of sp³-hybridized carbons (Fsp3) is 0.385. The zero-order valence-electron chi connectivity index (χ0n) is 9.24. The SMILES string of the molecule is N[C@@H]1CC=CC=C1C1=CC=CCC1C(F)(F)F. The summed E-state index contributed by atoms with van der Waals surface area (Å²) in [6.07, 6.45) is 6.47. The van der Waals surface area contributed by atoms with Gasteiger partial charge in [-0.25, -0.2) is 0 Å². The Hall–Kier alpha value is -1.29. The van der Waals surface area contributed by atoms with Crippen LogP contribution in [0.2, 0.25) is 0 Å². The third kappa shape index (κ3) is 2.52. The molecule has 0 spiro atoms. The molecule has 4 heteroatoms. The molecular weight excluding hydrogens is 227 g/mol. The van der Waals surface area contributed by atoms with Crippen LogP contribution in [-0.2, 0) is 0 Å². The molecule has 0 fully saturated rings. The van der Waals surface area contributed by atoms with Gasteiger partial charge in [0, 0.05) is 6.04 Å². The Bertz CT molecular complexity index is 413. The number of nitrogens with two attached hydrogens (primary N) is 1. The summed E-state index contributed by atoms with van der Waals surface area (Å²) in [6, 6.07) is -0.331. The van der Waals surface area contributed by atoms with Gasteiger partial charge in [0.05, 0.1) is 5.92 Å². The molecule has 1 nitrogen and oxygen atoms in total. The summed E-state index contributed by atoms with van der Waals surface area (Å²) in [5.41, 5.74) is 6.79. The second-order valence-corrected chi connectivity index (χ2v) is 4.27. The Morgan fingerprint density at radius 1 is 1.00 bits per heavy atom. The summed E-state index contributed by atoms with van der Waals surface area (Å²) in [6.45, 7) is 0. The number of alkyl halides is 3. The van der Waals surface area contributed by atoms with Gasteiger partial charge in [0.15, 0.2) is 0 Å². The summed E-state index contributed by atoms with van der Waals surface area (Å²) in [5.74, 6) is -1.42. The molecule has 0 heterocycles. The molecule has 0 aromatic rings. The smallest absolute Gasteiger partial charge is 0.324 e. The van der Waals surface area contributed by atoms with Crippen molar-refractivity contribution in [2.75, 3.05) is 0 Å². The van der Waals surface area contributed by atoms with Gasteiger partial charge in [0.2, 0.25) is 0 Å². The van der Waals surface area contributed by atoms with E-state index in [0.29, 0.717) is 17.6 Å². The molecule has 2 aliphatic rings. The van der Waals surface area contributed by atoms with Crippen molar-refractivity contribution in [3.63, 3.8) is 0 Å². The maximum atomic E-state index is 12.9. The largest absolute Gasteiger partial charge is 0.396 e. The van der Waals surface area contributed by atoms with E-state index in [-0.39, 0.29) is 12.5 Å². The van der Waals surface area contributed by atoms with Crippen LogP contribution in [0.5, 0.6) is 0 Å². The monoisotopic (exact) mass is 241 g/mol. The van der Waals surface area contributed by atoms with Crippen LogP contribution in [-0.4, -0.2) is 12.2 Å². The van der Waals surface area contributed by atoms with Gasteiger partial charge in [-0.05, 0) is 24.0 Å². The maximum absolute atomic E-state index is 12.9. The number of allylic oxidation sites excluding steroid dienone is 5. The van der Waals surface area contributed by atoms with E-state index in [0.717, 1.165) is 0 Å². The summed E-state index contributed by atoms with van der Waals surface area (Å²) < 4.78 is 38.7. The average molecular weight is 241 g/mol. The zero-order chi connectivity index (χ0) is 12.5. The Balaban J connectivity index is 2.34. The number of hydrogen-bond donors (Lipinski definition) is 1. The molecule has 0 saturated carbocycles. The Labute approximate surface area is 98.2 Å². The highest BCUT2D eigenvalue weighted by atomic mass is 19.4. The highest BCUT2D eigenvalue weighted by molar-refractivity contribution is 5.45. The molecule has 2 atom stereocenters. The lowest BCUT2D eigenvalue weighted by Crippen LogP contribution is -2.32. The number of rotatable bonds is 1. The minimum absolute atomic E-state index is 0.00308. The Morgan fingerprint density at radius 3 is 2.18 bits per heavy atom. The first-order chi connectivity index (χ1) is 8.00. The molecule has 2 aliphatic carbocycles. The van der Waals surface area contributed by atoms with Gasteiger partial charge in [-0.15, -0.1) is 0 Å². The molecule has 1 unspecified atom stereocenters. The summed E-state index contributed by atoms with van der Waals surface area (Å²) in [4.78, 5) is 0. The van der Waals surface area contributed by atoms with Crippen molar-refractivity contribution in [2.45, 2.75) is 25.1 Å². The van der Waals surface area contributed by atoms with Crippen LogP contribution < -0.4 is 5.73 Å². The van der Waals surface area contributed by atoms with E-state index < -0.39 is 12.1 Å². The Morgan fingerprint density at radius 2 is 1.59 bits per heavy atom. The first-order valence-electron chi connectivity index (χ1n) is 5.56. The minimum atomic E-state index is -4.21. The molecule has 0 aliphatic heterocycles. The van der Waals surface area contributed by atoms with Crippen LogP contribution in [0.15, 0.2) is 47.6 Å². The lowest BCUT2D eigenvalue weighted by atomic mass is 9.81. The van der Waals surface area contributed by atoms with Crippen molar-refractivity contribution in [2.24, 2.45) is 11.7 Å². The van der Waals surface area contributed by atoms with E-state index in [1.807, 2.05) is 6.08 Å². The number of hydrogen-bond acceptors (Lipinski definition) is 1. The second-order valence-electron chi connectivity index (χ2n) is 4.27. The molecule has 0 aromatic carbocycles. The topological polar surface area (TPSA) is 26.0 Å². The summed E-state index contributed by atoms with van der Waals surface area (Å²) >= 11 is 0. The van der Waals surface area contributed by atoms with Crippen molar-refractivity contribution in [1.82, 2.24) is 0 Å². The molecular formula is C13H14F3N. The van der Waals surface area contributed by atoms with Gasteiger partial charge < -0.3 is 5.73 Å². The molecule has 0 radical (unpaired) electrons. The molecule has 2 rings (SSSR count). The van der Waals surface area contributed by atoms with Crippen molar-refractivity contribution in [3.8, 4) is 0 Å². The van der Waals surface area contributed by atoms with E-state index >= 15 is 0 Å². The van der Waals surface area contributed by atoms with Crippen LogP contribution >= 0.6 is 0 Å². The van der Waals surface area contributed by atoms with Crippen LogP contribution in [0.3, 0.4) is 0 Å². The molecule has 0 bridgehead atoms. The lowest BCUT2D eigenvalue weighted by Gasteiger charge is -2.29. The highest BCUT2D eigenvalue weighted by Gasteiger charge is 2.43. The van der Waals surface area contributed by atoms with Crippen LogP contribution in [0.4, 0.5) is 13.2 Å². The molecule has 0 saturated heterocycles. The Kier molecular flexibility index (Phi) is 3.24. The lowest BCUT2D eigenvalue weighted by molar-refractivity contribution is -0.162. The molecule has 0 amide bonds. The number of halogens is 3. The van der Waals surface area contributed by atoms with Crippen molar-refractivity contribution in [1.29, 1.82) is 0 Å². The molecule has 0 aromatic heterocycles. The van der Waals surface area contributed by atoms with Gasteiger partial charge in [-0.3, -0.25) is 0 Å². The van der Waals surface area contributed by atoms with Gasteiger partial charge >= 0.3 is 6.18 Å². The fourth-order valence-electron chi connectivity index (χ4n) is 2.19. The third-order valence-electron chi connectivity index (χ3n) is 3.09. The third-order valence-corrected chi connectivity index (χ3v) is 3.09. The van der Waals surface area contributed by atoms with Gasteiger partial charge in [-0.2, -0.15) is 13.2 Å². The quantitative estimate of drug-likeness (QED) is 0.749. The van der Waals surface area contributed by atoms with Gasteiger partial charge in [-0.1, -0.05) is 36.5 Å². The molecule has 92 valence electrons. The van der Waals surface area contributed by atoms with Crippen molar-refractivity contribution < 1.29 is 13.2 Å². The fourth-order valence-corrected chi connectivity index (χ4v) is 2.19. The predicted octanol–water partition coefficient (Wildman–Crippen LogP) is 3.26. The predicted molar refractivity (Wildman–Crippen MR) is 61.2 cm³/mol. The van der Waals surface area contributed by atoms with Crippen LogP contribution in [0.1, 0.15) is 12.8 Å². The minimum Gasteiger partial charge on any atom is -0.324 e.